The van der Waals surface area contributed by atoms with Crippen LogP contribution in [0, 0.1) is 5.92 Å². The Labute approximate surface area is 69.1 Å². The van der Waals surface area contributed by atoms with Gasteiger partial charge in [0.2, 0.25) is 0 Å². The Kier molecular flexibility index (Phi) is 2.90. The summed E-state index contributed by atoms with van der Waals surface area (Å²) in [6.07, 6.45) is 5.95. The molecular weight excluding hydrogens is 138 g/mol. The summed E-state index contributed by atoms with van der Waals surface area (Å²) < 4.78 is 5.36. The van der Waals surface area contributed by atoms with Crippen LogP contribution in [0.1, 0.15) is 39.0 Å². The van der Waals surface area contributed by atoms with Crippen LogP contribution in [0.3, 0.4) is 0 Å². The lowest BCUT2D eigenvalue weighted by molar-refractivity contribution is -0.0794. The predicted octanol–water partition coefficient (Wildman–Crippen LogP) is 1.89. The van der Waals surface area contributed by atoms with Crippen molar-refractivity contribution in [3.05, 3.63) is 0 Å². The number of nitrogens with two attached hydrogens (primary N) is 1. The van der Waals surface area contributed by atoms with E-state index in [0.29, 0.717) is 5.92 Å². The zero-order chi connectivity index (χ0) is 8.32. The van der Waals surface area contributed by atoms with Gasteiger partial charge in [-0.25, -0.2) is 0 Å². The molecule has 0 aromatic carbocycles. The van der Waals surface area contributed by atoms with Gasteiger partial charge in [0.1, 0.15) is 5.72 Å². The molecule has 0 bridgehead atoms. The Hall–Kier alpha value is -0.0800. The van der Waals surface area contributed by atoms with Crippen LogP contribution in [0.25, 0.3) is 0 Å². The zero-order valence-electron chi connectivity index (χ0n) is 7.60. The van der Waals surface area contributed by atoms with Gasteiger partial charge in [-0.3, -0.25) is 0 Å². The number of methoxy groups -OCH3 is 1. The normalized spacial score (nSPS) is 39.0. The first-order valence-electron chi connectivity index (χ1n) is 4.57. The average molecular weight is 157 g/mol. The lowest BCUT2D eigenvalue weighted by Gasteiger charge is -2.39. The van der Waals surface area contributed by atoms with Gasteiger partial charge in [0.05, 0.1) is 0 Å². The van der Waals surface area contributed by atoms with Crippen LogP contribution in [-0.4, -0.2) is 12.8 Å². The maximum absolute atomic E-state index is 6.09. The van der Waals surface area contributed by atoms with E-state index in [2.05, 4.69) is 6.92 Å². The first-order valence-corrected chi connectivity index (χ1v) is 4.57. The number of ether oxygens (including phenoxy) is 1. The molecule has 0 heterocycles. The fraction of sp³-hybridized carbons (Fsp3) is 1.00. The van der Waals surface area contributed by atoms with Crippen LogP contribution in [0.2, 0.25) is 0 Å². The van der Waals surface area contributed by atoms with E-state index >= 15 is 0 Å². The molecule has 1 saturated carbocycles. The highest BCUT2D eigenvalue weighted by atomic mass is 16.5. The van der Waals surface area contributed by atoms with Crippen molar-refractivity contribution in [1.29, 1.82) is 0 Å². The van der Waals surface area contributed by atoms with Crippen molar-refractivity contribution in [3.8, 4) is 0 Å². The molecule has 66 valence electrons. The van der Waals surface area contributed by atoms with Crippen LogP contribution in [-0.2, 0) is 4.74 Å². The zero-order valence-corrected chi connectivity index (χ0v) is 7.60. The molecule has 1 fully saturated rings. The first kappa shape index (κ1) is 9.01. The summed E-state index contributed by atoms with van der Waals surface area (Å²) in [5.41, 5.74) is 5.78. The third-order valence-electron chi connectivity index (χ3n) is 2.93. The summed E-state index contributed by atoms with van der Waals surface area (Å²) >= 11 is 0. The highest BCUT2D eigenvalue weighted by Crippen LogP contribution is 2.34. The second kappa shape index (κ2) is 3.55. The summed E-state index contributed by atoms with van der Waals surface area (Å²) in [5, 5.41) is 0. The number of hydrogen-bond acceptors (Lipinski definition) is 2. The van der Waals surface area contributed by atoms with E-state index in [-0.39, 0.29) is 5.72 Å². The summed E-state index contributed by atoms with van der Waals surface area (Å²) in [6.45, 7) is 2.19. The maximum Gasteiger partial charge on any atom is 0.119 e. The molecule has 0 amide bonds. The predicted molar refractivity (Wildman–Crippen MR) is 46.2 cm³/mol. The molecule has 0 aromatic heterocycles. The second-order valence-corrected chi connectivity index (χ2v) is 3.51. The highest BCUT2D eigenvalue weighted by Gasteiger charge is 2.35. The van der Waals surface area contributed by atoms with Crippen molar-refractivity contribution in [3.63, 3.8) is 0 Å². The van der Waals surface area contributed by atoms with Gasteiger partial charge in [0, 0.05) is 13.0 Å². The molecule has 2 heteroatoms. The monoisotopic (exact) mass is 157 g/mol. The van der Waals surface area contributed by atoms with Crippen molar-refractivity contribution < 1.29 is 4.74 Å². The molecule has 2 N–H and O–H groups in total. The fourth-order valence-electron chi connectivity index (χ4n) is 2.06. The van der Waals surface area contributed by atoms with Crippen molar-refractivity contribution >= 4 is 0 Å². The molecule has 1 unspecified atom stereocenters. The van der Waals surface area contributed by atoms with E-state index in [1.54, 1.807) is 7.11 Å². The standard InChI is InChI=1S/C9H19NO/c1-3-8-6-4-5-7-9(8,10)11-2/h8H,3-7,10H2,1-2H3/t8?,9-/m0/s1. The molecule has 1 rings (SSSR count). The molecule has 1 aliphatic carbocycles. The molecular formula is C9H19NO. The molecule has 11 heavy (non-hydrogen) atoms. The van der Waals surface area contributed by atoms with Gasteiger partial charge < -0.3 is 10.5 Å². The molecule has 2 atom stereocenters. The maximum atomic E-state index is 6.09. The minimum atomic E-state index is -0.312. The van der Waals surface area contributed by atoms with Crippen LogP contribution in [0.15, 0.2) is 0 Å². The molecule has 0 spiro atoms. The summed E-state index contributed by atoms with van der Waals surface area (Å²) in [5.74, 6) is 0.571. The van der Waals surface area contributed by atoms with E-state index < -0.39 is 0 Å². The minimum absolute atomic E-state index is 0.312. The van der Waals surface area contributed by atoms with E-state index in [9.17, 15) is 0 Å². The minimum Gasteiger partial charge on any atom is -0.364 e. The Morgan fingerprint density at radius 3 is 2.73 bits per heavy atom. The highest BCUT2D eigenvalue weighted by molar-refractivity contribution is 4.85. The first-order chi connectivity index (χ1) is 5.23. The van der Waals surface area contributed by atoms with Crippen molar-refractivity contribution in [2.24, 2.45) is 11.7 Å². The molecule has 0 aliphatic heterocycles. The number of rotatable bonds is 2. The number of hydrogen-bond donors (Lipinski definition) is 1. The topological polar surface area (TPSA) is 35.2 Å². The van der Waals surface area contributed by atoms with Crippen LogP contribution >= 0.6 is 0 Å². The van der Waals surface area contributed by atoms with Crippen LogP contribution in [0.5, 0.6) is 0 Å². The van der Waals surface area contributed by atoms with Gasteiger partial charge in [-0.05, 0) is 25.7 Å². The van der Waals surface area contributed by atoms with Crippen molar-refractivity contribution in [1.82, 2.24) is 0 Å². The Bertz CT molecular complexity index is 127. The van der Waals surface area contributed by atoms with E-state index in [4.69, 9.17) is 10.5 Å². The summed E-state index contributed by atoms with van der Waals surface area (Å²) in [7, 11) is 1.73. The second-order valence-electron chi connectivity index (χ2n) is 3.51. The van der Waals surface area contributed by atoms with E-state index in [0.717, 1.165) is 12.8 Å². The van der Waals surface area contributed by atoms with Crippen LogP contribution in [0.4, 0.5) is 0 Å². The SMILES string of the molecule is CCC1CCCC[C@]1(N)OC. The Balaban J connectivity index is 2.57. The lowest BCUT2D eigenvalue weighted by atomic mass is 9.80. The molecule has 2 nitrogen and oxygen atoms in total. The van der Waals surface area contributed by atoms with Crippen molar-refractivity contribution in [2.75, 3.05) is 7.11 Å². The lowest BCUT2D eigenvalue weighted by Crippen LogP contribution is -2.50. The van der Waals surface area contributed by atoms with Crippen molar-refractivity contribution in [2.45, 2.75) is 44.8 Å². The van der Waals surface area contributed by atoms with E-state index in [1.165, 1.54) is 19.3 Å². The van der Waals surface area contributed by atoms with Gasteiger partial charge in [-0.15, -0.1) is 0 Å². The quantitative estimate of drug-likeness (QED) is 0.621. The fourth-order valence-corrected chi connectivity index (χ4v) is 2.06. The largest absolute Gasteiger partial charge is 0.364 e. The third kappa shape index (κ3) is 1.74. The summed E-state index contributed by atoms with van der Waals surface area (Å²) in [4.78, 5) is 0. The summed E-state index contributed by atoms with van der Waals surface area (Å²) in [6, 6.07) is 0. The Morgan fingerprint density at radius 1 is 1.55 bits per heavy atom. The third-order valence-corrected chi connectivity index (χ3v) is 2.93. The Morgan fingerprint density at radius 2 is 2.27 bits per heavy atom. The van der Waals surface area contributed by atoms with Gasteiger partial charge in [0.25, 0.3) is 0 Å². The molecule has 0 radical (unpaired) electrons. The van der Waals surface area contributed by atoms with E-state index in [1.807, 2.05) is 0 Å². The molecule has 0 saturated heterocycles. The van der Waals surface area contributed by atoms with Gasteiger partial charge in [0.15, 0.2) is 0 Å². The van der Waals surface area contributed by atoms with Gasteiger partial charge in [-0.1, -0.05) is 13.3 Å². The average Bonchev–Trinajstić information content (AvgIpc) is 2.05. The van der Waals surface area contributed by atoms with Gasteiger partial charge in [-0.2, -0.15) is 0 Å². The smallest absolute Gasteiger partial charge is 0.119 e. The molecule has 1 aliphatic rings. The van der Waals surface area contributed by atoms with Crippen LogP contribution < -0.4 is 5.73 Å². The van der Waals surface area contributed by atoms with Gasteiger partial charge >= 0.3 is 0 Å². The molecule has 0 aromatic rings.